The predicted octanol–water partition coefficient (Wildman–Crippen LogP) is 3.10. The second-order valence-electron chi connectivity index (χ2n) is 6.77. The molecule has 1 aromatic rings. The number of nitrogens with zero attached hydrogens (tertiary/aromatic N) is 1. The van der Waals surface area contributed by atoms with Gasteiger partial charge < -0.3 is 19.9 Å². The molecule has 1 aliphatic rings. The number of nitrogens with one attached hydrogen (secondary N) is 1. The van der Waals surface area contributed by atoms with Crippen LogP contribution in [0.2, 0.25) is 0 Å². The topological polar surface area (TPSA) is 128 Å². The molecule has 1 heterocycles. The van der Waals surface area contributed by atoms with E-state index in [0.717, 1.165) is 0 Å². The van der Waals surface area contributed by atoms with Gasteiger partial charge in [-0.3, -0.25) is 10.1 Å². The maximum Gasteiger partial charge on any atom is 0.336 e. The highest BCUT2D eigenvalue weighted by Gasteiger charge is 2.37. The molecule has 0 aromatic heterocycles. The minimum absolute atomic E-state index is 0.0640. The van der Waals surface area contributed by atoms with E-state index in [1.807, 2.05) is 0 Å². The number of halogens is 1. The molecule has 0 saturated carbocycles. The Morgan fingerprint density at radius 2 is 1.97 bits per heavy atom. The molecule has 0 spiro atoms. The molecule has 10 heteroatoms. The van der Waals surface area contributed by atoms with Gasteiger partial charge in [-0.2, -0.15) is 0 Å². The van der Waals surface area contributed by atoms with E-state index in [2.05, 4.69) is 5.32 Å². The minimum atomic E-state index is -1.25. The number of nitro benzene ring substituents is 1. The van der Waals surface area contributed by atoms with Gasteiger partial charge in [0.25, 0.3) is 5.69 Å². The van der Waals surface area contributed by atoms with Crippen molar-refractivity contribution in [2.75, 3.05) is 20.3 Å². The van der Waals surface area contributed by atoms with Crippen molar-refractivity contribution >= 4 is 29.2 Å². The van der Waals surface area contributed by atoms with Gasteiger partial charge in [-0.1, -0.05) is 12.1 Å². The lowest BCUT2D eigenvalue weighted by atomic mass is 9.80. The van der Waals surface area contributed by atoms with Gasteiger partial charge in [-0.05, 0) is 25.8 Å². The lowest BCUT2D eigenvalue weighted by molar-refractivity contribution is -0.384. The normalized spacial score (nSPS) is 17.4. The molecule has 2 rings (SSSR count). The van der Waals surface area contributed by atoms with Crippen molar-refractivity contribution in [3.8, 4) is 0 Å². The molecule has 0 bridgehead atoms. The number of carbonyl (C=O) groups is 2. The highest BCUT2D eigenvalue weighted by molar-refractivity contribution is 6.20. The maximum atomic E-state index is 12.9. The van der Waals surface area contributed by atoms with Crippen molar-refractivity contribution in [2.24, 2.45) is 0 Å². The van der Waals surface area contributed by atoms with Crippen LogP contribution in [0, 0.1) is 10.1 Å². The highest BCUT2D eigenvalue weighted by Crippen LogP contribution is 2.39. The Kier molecular flexibility index (Phi) is 7.96. The Balaban J connectivity index is 2.44. The van der Waals surface area contributed by atoms with Crippen molar-refractivity contribution < 1.29 is 29.1 Å². The number of non-ortho nitro benzene ring substituents is 1. The van der Waals surface area contributed by atoms with Gasteiger partial charge in [-0.15, -0.1) is 11.6 Å². The zero-order chi connectivity index (χ0) is 22.4. The molecule has 0 amide bonds. The molecule has 0 radical (unpaired) electrons. The van der Waals surface area contributed by atoms with Gasteiger partial charge in [0, 0.05) is 37.2 Å². The minimum Gasteiger partial charge on any atom is -0.478 e. The van der Waals surface area contributed by atoms with E-state index >= 15 is 0 Å². The van der Waals surface area contributed by atoms with E-state index in [0.29, 0.717) is 30.0 Å². The van der Waals surface area contributed by atoms with E-state index in [-0.39, 0.29) is 23.4 Å². The lowest BCUT2D eigenvalue weighted by Crippen LogP contribution is -2.32. The molecule has 2 atom stereocenters. The number of hydrogen-bond donors (Lipinski definition) is 2. The first kappa shape index (κ1) is 23.4. The predicted molar refractivity (Wildman–Crippen MR) is 109 cm³/mol. The molecule has 0 fully saturated rings. The highest BCUT2D eigenvalue weighted by atomic mass is 35.5. The molecule has 30 heavy (non-hydrogen) atoms. The van der Waals surface area contributed by atoms with Crippen LogP contribution in [0.25, 0.3) is 0 Å². The van der Waals surface area contributed by atoms with Gasteiger partial charge in [-0.25, -0.2) is 9.59 Å². The average Bonchev–Trinajstić information content (AvgIpc) is 2.69. The number of aliphatic carboxylic acids is 1. The number of carboxylic acid groups (broad SMARTS) is 1. The van der Waals surface area contributed by atoms with Crippen molar-refractivity contribution in [1.82, 2.24) is 5.32 Å². The number of benzene rings is 1. The van der Waals surface area contributed by atoms with Crippen LogP contribution < -0.4 is 5.32 Å². The Morgan fingerprint density at radius 1 is 1.30 bits per heavy atom. The van der Waals surface area contributed by atoms with Crippen LogP contribution in [-0.2, 0) is 19.1 Å². The fourth-order valence-electron chi connectivity index (χ4n) is 3.27. The Labute approximate surface area is 178 Å². The molecule has 1 aromatic carbocycles. The van der Waals surface area contributed by atoms with Crippen LogP contribution in [0.5, 0.6) is 0 Å². The fourth-order valence-corrected chi connectivity index (χ4v) is 3.42. The summed E-state index contributed by atoms with van der Waals surface area (Å²) in [5, 5.41) is 23.4. The summed E-state index contributed by atoms with van der Waals surface area (Å²) in [4.78, 5) is 35.5. The number of alkyl halides is 1. The Morgan fingerprint density at radius 3 is 2.57 bits per heavy atom. The molecular formula is C20H23ClN2O7. The number of dihydropyridines is 1. The number of methoxy groups -OCH3 is 1. The second kappa shape index (κ2) is 10.2. The molecule has 1 aliphatic heterocycles. The van der Waals surface area contributed by atoms with Gasteiger partial charge in [0.15, 0.2) is 0 Å². The maximum absolute atomic E-state index is 12.9. The largest absolute Gasteiger partial charge is 0.478 e. The van der Waals surface area contributed by atoms with E-state index < -0.39 is 28.2 Å². The number of carboxylic acids is 1. The average molecular weight is 439 g/mol. The molecule has 0 aliphatic carbocycles. The summed E-state index contributed by atoms with van der Waals surface area (Å²) in [6.07, 6.45) is 0.468. The van der Waals surface area contributed by atoms with Gasteiger partial charge >= 0.3 is 11.9 Å². The Bertz CT molecular complexity index is 910. The third-order valence-electron chi connectivity index (χ3n) is 4.66. The summed E-state index contributed by atoms with van der Waals surface area (Å²) in [5.41, 5.74) is 0.809. The van der Waals surface area contributed by atoms with E-state index in [1.54, 1.807) is 19.9 Å². The number of nitro groups is 1. The van der Waals surface area contributed by atoms with E-state index in [1.165, 1.54) is 25.3 Å². The summed E-state index contributed by atoms with van der Waals surface area (Å²) in [5.74, 6) is -3.03. The number of allylic oxidation sites excluding steroid dienone is 2. The zero-order valence-electron chi connectivity index (χ0n) is 16.8. The van der Waals surface area contributed by atoms with E-state index in [9.17, 15) is 24.8 Å². The third-order valence-corrected chi connectivity index (χ3v) is 5.00. The van der Waals surface area contributed by atoms with Crippen LogP contribution in [-0.4, -0.2) is 47.7 Å². The first-order chi connectivity index (χ1) is 14.2. The summed E-state index contributed by atoms with van der Waals surface area (Å²) in [6, 6.07) is 5.55. The number of rotatable bonds is 9. The van der Waals surface area contributed by atoms with Gasteiger partial charge in [0.1, 0.15) is 6.61 Å². The summed E-state index contributed by atoms with van der Waals surface area (Å²) >= 11 is 6.12. The molecule has 2 N–H and O–H groups in total. The zero-order valence-corrected chi connectivity index (χ0v) is 17.6. The van der Waals surface area contributed by atoms with Crippen molar-refractivity contribution in [1.29, 1.82) is 0 Å². The van der Waals surface area contributed by atoms with Crippen molar-refractivity contribution in [3.63, 3.8) is 0 Å². The number of carbonyl (C=O) groups excluding carboxylic acids is 1. The summed E-state index contributed by atoms with van der Waals surface area (Å²) < 4.78 is 10.3. The van der Waals surface area contributed by atoms with Crippen molar-refractivity contribution in [3.05, 3.63) is 62.5 Å². The SMILES string of the molecule is COCCC(Cl)COC(=O)C1=C(C)NC(C)=C(C(=O)O)C1c1cccc([N+](=O)[O-])c1. The molecular weight excluding hydrogens is 416 g/mol. The van der Waals surface area contributed by atoms with Gasteiger partial charge in [0.05, 0.1) is 27.4 Å². The summed E-state index contributed by atoms with van der Waals surface area (Å²) in [6.45, 7) is 3.49. The standard InChI is InChI=1S/C20H23ClN2O7/c1-11-16(19(24)25)18(13-5-4-6-15(9-13)23(27)28)17(12(2)22-11)20(26)30-10-14(21)7-8-29-3/h4-6,9,14,18,22H,7-8,10H2,1-3H3,(H,24,25). The van der Waals surface area contributed by atoms with Crippen LogP contribution >= 0.6 is 11.6 Å². The van der Waals surface area contributed by atoms with Crippen LogP contribution in [0.1, 0.15) is 31.7 Å². The monoisotopic (exact) mass is 438 g/mol. The Hall–Kier alpha value is -2.91. The summed E-state index contributed by atoms with van der Waals surface area (Å²) in [7, 11) is 1.53. The first-order valence-electron chi connectivity index (χ1n) is 9.13. The lowest BCUT2D eigenvalue weighted by Gasteiger charge is -2.29. The van der Waals surface area contributed by atoms with Gasteiger partial charge in [0.2, 0.25) is 0 Å². The van der Waals surface area contributed by atoms with Crippen LogP contribution in [0.3, 0.4) is 0 Å². The number of hydrogen-bond acceptors (Lipinski definition) is 7. The molecule has 9 nitrogen and oxygen atoms in total. The quantitative estimate of drug-likeness (QED) is 0.260. The third kappa shape index (κ3) is 5.37. The van der Waals surface area contributed by atoms with Crippen LogP contribution in [0.4, 0.5) is 5.69 Å². The molecule has 0 saturated heterocycles. The van der Waals surface area contributed by atoms with E-state index in [4.69, 9.17) is 21.1 Å². The second-order valence-corrected chi connectivity index (χ2v) is 7.39. The number of esters is 1. The molecule has 162 valence electrons. The smallest absolute Gasteiger partial charge is 0.336 e. The van der Waals surface area contributed by atoms with Crippen molar-refractivity contribution in [2.45, 2.75) is 31.6 Å². The van der Waals surface area contributed by atoms with Crippen LogP contribution in [0.15, 0.2) is 46.8 Å². The molecule has 2 unspecified atom stereocenters. The fraction of sp³-hybridized carbons (Fsp3) is 0.400. The number of ether oxygens (including phenoxy) is 2. The first-order valence-corrected chi connectivity index (χ1v) is 9.57.